The molecule has 0 amide bonds. The Bertz CT molecular complexity index is 555. The van der Waals surface area contributed by atoms with Gasteiger partial charge in [0.1, 0.15) is 11.6 Å². The van der Waals surface area contributed by atoms with Gasteiger partial charge in [-0.3, -0.25) is 4.98 Å². The van der Waals surface area contributed by atoms with Crippen LogP contribution < -0.4 is 5.32 Å². The van der Waals surface area contributed by atoms with Crippen molar-refractivity contribution in [1.82, 2.24) is 10.3 Å². The van der Waals surface area contributed by atoms with Crippen molar-refractivity contribution >= 4 is 11.6 Å². The van der Waals surface area contributed by atoms with E-state index in [2.05, 4.69) is 10.3 Å². The van der Waals surface area contributed by atoms with Gasteiger partial charge in [0.15, 0.2) is 0 Å². The highest BCUT2D eigenvalue weighted by atomic mass is 35.5. The number of hydrogen-bond donors (Lipinski definition) is 1. The Morgan fingerprint density at radius 1 is 1.32 bits per heavy atom. The van der Waals surface area contributed by atoms with Gasteiger partial charge in [-0.25, -0.2) is 8.78 Å². The number of pyridine rings is 1. The third kappa shape index (κ3) is 3.28. The first-order valence-electron chi connectivity index (χ1n) is 5.82. The van der Waals surface area contributed by atoms with Gasteiger partial charge < -0.3 is 5.32 Å². The number of rotatable bonds is 4. The molecule has 1 N–H and O–H groups in total. The highest BCUT2D eigenvalue weighted by molar-refractivity contribution is 6.31. The second kappa shape index (κ2) is 6.08. The van der Waals surface area contributed by atoms with E-state index in [4.69, 9.17) is 11.6 Å². The van der Waals surface area contributed by atoms with E-state index in [-0.39, 0.29) is 11.9 Å². The normalized spacial score (nSPS) is 12.4. The van der Waals surface area contributed by atoms with Gasteiger partial charge in [-0.15, -0.1) is 0 Å². The van der Waals surface area contributed by atoms with Crippen molar-refractivity contribution in [1.29, 1.82) is 0 Å². The molecule has 0 radical (unpaired) electrons. The third-order valence-electron chi connectivity index (χ3n) is 2.95. The molecule has 1 heterocycles. The Kier molecular flexibility index (Phi) is 4.45. The SMILES string of the molecule is CNC(Cc1c(F)cccc1Cl)c1cncc(F)c1. The lowest BCUT2D eigenvalue weighted by Crippen LogP contribution is -2.20. The average molecular weight is 283 g/mol. The fourth-order valence-corrected chi connectivity index (χ4v) is 2.18. The molecule has 100 valence electrons. The van der Waals surface area contributed by atoms with Crippen LogP contribution in [0.2, 0.25) is 5.02 Å². The molecule has 2 aromatic rings. The van der Waals surface area contributed by atoms with Crippen molar-refractivity contribution in [3.8, 4) is 0 Å². The van der Waals surface area contributed by atoms with Crippen molar-refractivity contribution in [2.75, 3.05) is 7.05 Å². The molecule has 1 atom stereocenters. The largest absolute Gasteiger partial charge is 0.313 e. The van der Waals surface area contributed by atoms with Gasteiger partial charge in [0.2, 0.25) is 0 Å². The summed E-state index contributed by atoms with van der Waals surface area (Å²) in [6, 6.07) is 5.67. The molecule has 5 heteroatoms. The zero-order valence-corrected chi connectivity index (χ0v) is 11.1. The van der Waals surface area contributed by atoms with E-state index in [0.717, 1.165) is 6.20 Å². The number of nitrogens with one attached hydrogen (secondary N) is 1. The van der Waals surface area contributed by atoms with Crippen LogP contribution in [0, 0.1) is 11.6 Å². The standard InChI is InChI=1S/C14H13ClF2N2/c1-18-14(9-5-10(16)8-19-7-9)6-11-12(15)3-2-4-13(11)17/h2-5,7-8,14,18H,6H2,1H3. The van der Waals surface area contributed by atoms with Crippen molar-refractivity contribution in [3.05, 3.63) is 64.4 Å². The van der Waals surface area contributed by atoms with E-state index in [1.807, 2.05) is 0 Å². The van der Waals surface area contributed by atoms with E-state index in [9.17, 15) is 8.78 Å². The first-order chi connectivity index (χ1) is 9.11. The molecule has 0 saturated heterocycles. The van der Waals surface area contributed by atoms with Crippen LogP contribution in [0.3, 0.4) is 0 Å². The van der Waals surface area contributed by atoms with Crippen molar-refractivity contribution in [3.63, 3.8) is 0 Å². The maximum absolute atomic E-state index is 13.7. The summed E-state index contributed by atoms with van der Waals surface area (Å²) in [5, 5.41) is 3.38. The summed E-state index contributed by atoms with van der Waals surface area (Å²) < 4.78 is 26.9. The molecule has 2 nitrogen and oxygen atoms in total. The fraction of sp³-hybridized carbons (Fsp3) is 0.214. The van der Waals surface area contributed by atoms with Crippen molar-refractivity contribution in [2.45, 2.75) is 12.5 Å². The number of benzene rings is 1. The minimum atomic E-state index is -0.419. The minimum Gasteiger partial charge on any atom is -0.313 e. The van der Waals surface area contributed by atoms with Crippen LogP contribution in [-0.4, -0.2) is 12.0 Å². The molecule has 0 aliphatic carbocycles. The second-order valence-electron chi connectivity index (χ2n) is 4.18. The maximum Gasteiger partial charge on any atom is 0.141 e. The monoisotopic (exact) mass is 282 g/mol. The Labute approximate surface area is 115 Å². The number of nitrogens with zero attached hydrogens (tertiary/aromatic N) is 1. The first kappa shape index (κ1) is 13.9. The molecule has 0 spiro atoms. The van der Waals surface area contributed by atoms with E-state index >= 15 is 0 Å². The Morgan fingerprint density at radius 3 is 2.74 bits per heavy atom. The van der Waals surface area contributed by atoms with Crippen LogP contribution in [0.1, 0.15) is 17.2 Å². The lowest BCUT2D eigenvalue weighted by atomic mass is 10.00. The molecule has 0 bridgehead atoms. The van der Waals surface area contributed by atoms with E-state index in [1.54, 1.807) is 25.4 Å². The van der Waals surface area contributed by atoms with Crippen LogP contribution in [-0.2, 0) is 6.42 Å². The summed E-state index contributed by atoms with van der Waals surface area (Å²) in [6.07, 6.45) is 3.01. The van der Waals surface area contributed by atoms with Gasteiger partial charge >= 0.3 is 0 Å². The Hall–Kier alpha value is -1.52. The van der Waals surface area contributed by atoms with Crippen LogP contribution in [0.5, 0.6) is 0 Å². The van der Waals surface area contributed by atoms with Crippen molar-refractivity contribution in [2.24, 2.45) is 0 Å². The quantitative estimate of drug-likeness (QED) is 0.928. The zero-order chi connectivity index (χ0) is 13.8. The molecule has 2 rings (SSSR count). The summed E-state index contributed by atoms with van der Waals surface area (Å²) in [5.74, 6) is -0.783. The summed E-state index contributed by atoms with van der Waals surface area (Å²) in [7, 11) is 1.73. The van der Waals surface area contributed by atoms with Crippen LogP contribution in [0.25, 0.3) is 0 Å². The predicted molar refractivity (Wildman–Crippen MR) is 71.1 cm³/mol. The van der Waals surface area contributed by atoms with Gasteiger partial charge in [-0.1, -0.05) is 17.7 Å². The lowest BCUT2D eigenvalue weighted by molar-refractivity contribution is 0.546. The highest BCUT2D eigenvalue weighted by Gasteiger charge is 2.16. The zero-order valence-electron chi connectivity index (χ0n) is 10.3. The second-order valence-corrected chi connectivity index (χ2v) is 4.59. The third-order valence-corrected chi connectivity index (χ3v) is 3.30. The molecular weight excluding hydrogens is 270 g/mol. The maximum atomic E-state index is 13.7. The lowest BCUT2D eigenvalue weighted by Gasteiger charge is -2.17. The van der Waals surface area contributed by atoms with Crippen LogP contribution in [0.4, 0.5) is 8.78 Å². The topological polar surface area (TPSA) is 24.9 Å². The summed E-state index contributed by atoms with van der Waals surface area (Å²) in [6.45, 7) is 0. The van der Waals surface area contributed by atoms with Crippen LogP contribution in [0.15, 0.2) is 36.7 Å². The Morgan fingerprint density at radius 2 is 2.11 bits per heavy atom. The summed E-state index contributed by atoms with van der Waals surface area (Å²) >= 11 is 5.99. The van der Waals surface area contributed by atoms with Crippen LogP contribution >= 0.6 is 11.6 Å². The van der Waals surface area contributed by atoms with E-state index in [1.165, 1.54) is 12.1 Å². The van der Waals surface area contributed by atoms with Gasteiger partial charge in [0, 0.05) is 22.8 Å². The first-order valence-corrected chi connectivity index (χ1v) is 6.20. The molecule has 19 heavy (non-hydrogen) atoms. The molecule has 0 aliphatic heterocycles. The number of likely N-dealkylation sites (N-methyl/N-ethyl adjacent to an activating group) is 1. The fourth-order valence-electron chi connectivity index (χ4n) is 1.94. The molecule has 1 aromatic heterocycles. The summed E-state index contributed by atoms with van der Waals surface area (Å²) in [5.41, 5.74) is 1.06. The number of halogens is 3. The van der Waals surface area contributed by atoms with Gasteiger partial charge in [0.05, 0.1) is 6.20 Å². The van der Waals surface area contributed by atoms with Crippen molar-refractivity contribution < 1.29 is 8.78 Å². The predicted octanol–water partition coefficient (Wildman–Crippen LogP) is 3.52. The summed E-state index contributed by atoms with van der Waals surface area (Å²) in [4.78, 5) is 3.80. The smallest absolute Gasteiger partial charge is 0.141 e. The van der Waals surface area contributed by atoms with Gasteiger partial charge in [-0.05, 0) is 37.2 Å². The molecular formula is C14H13ClF2N2. The average Bonchev–Trinajstić information content (AvgIpc) is 2.38. The molecule has 1 unspecified atom stereocenters. The minimum absolute atomic E-state index is 0.252. The van der Waals surface area contributed by atoms with E-state index < -0.39 is 5.82 Å². The number of hydrogen-bond acceptors (Lipinski definition) is 2. The molecule has 0 saturated carbocycles. The molecule has 0 fully saturated rings. The molecule has 0 aliphatic rings. The molecule has 1 aromatic carbocycles. The Balaban J connectivity index is 2.29. The van der Waals surface area contributed by atoms with Gasteiger partial charge in [-0.2, -0.15) is 0 Å². The number of aromatic nitrogens is 1. The highest BCUT2D eigenvalue weighted by Crippen LogP contribution is 2.25. The van der Waals surface area contributed by atoms with Gasteiger partial charge in [0.25, 0.3) is 0 Å². The van der Waals surface area contributed by atoms with E-state index in [0.29, 0.717) is 22.6 Å².